The number of benzene rings is 1. The molecule has 2 aromatic rings. The molecule has 1 aromatic carbocycles. The van der Waals surface area contributed by atoms with Crippen molar-refractivity contribution in [2.75, 3.05) is 32.7 Å². The van der Waals surface area contributed by atoms with Gasteiger partial charge in [-0.15, -0.1) is 0 Å². The molecule has 0 atom stereocenters. The van der Waals surface area contributed by atoms with Crippen LogP contribution < -0.4 is 15.4 Å². The van der Waals surface area contributed by atoms with Crippen LogP contribution in [-0.2, 0) is 4.74 Å². The number of hydrogen-bond donors (Lipinski definition) is 2. The fourth-order valence-electron chi connectivity index (χ4n) is 1.79. The van der Waals surface area contributed by atoms with Gasteiger partial charge in [0.15, 0.2) is 0 Å². The van der Waals surface area contributed by atoms with E-state index in [2.05, 4.69) is 15.6 Å². The third-order valence-electron chi connectivity index (χ3n) is 2.98. The maximum atomic E-state index is 11.8. The Balaban J connectivity index is 1.94. The fourth-order valence-corrected chi connectivity index (χ4v) is 1.79. The van der Waals surface area contributed by atoms with Gasteiger partial charge in [-0.1, -0.05) is 0 Å². The lowest BCUT2D eigenvalue weighted by Crippen LogP contribution is -2.26. The average Bonchev–Trinajstić information content (AvgIpc) is 2.56. The number of aromatic nitrogens is 1. The molecule has 1 amide bonds. The van der Waals surface area contributed by atoms with Crippen LogP contribution in [0.5, 0.6) is 5.75 Å². The van der Waals surface area contributed by atoms with Crippen LogP contribution in [0.3, 0.4) is 0 Å². The molecule has 0 unspecified atom stereocenters. The number of anilines is 2. The van der Waals surface area contributed by atoms with Crippen LogP contribution in [0.1, 0.15) is 10.4 Å². The van der Waals surface area contributed by atoms with E-state index in [1.54, 1.807) is 26.4 Å². The Labute approximate surface area is 129 Å². The molecular weight excluding hydrogens is 282 g/mol. The summed E-state index contributed by atoms with van der Waals surface area (Å²) in [5.74, 6) is 1.29. The van der Waals surface area contributed by atoms with Crippen molar-refractivity contribution in [2.24, 2.45) is 0 Å². The minimum atomic E-state index is -0.166. The molecule has 6 nitrogen and oxygen atoms in total. The minimum absolute atomic E-state index is 0.166. The normalized spacial score (nSPS) is 10.1. The van der Waals surface area contributed by atoms with Crippen molar-refractivity contribution in [3.05, 3.63) is 48.2 Å². The van der Waals surface area contributed by atoms with Crippen LogP contribution in [0, 0.1) is 0 Å². The highest BCUT2D eigenvalue weighted by atomic mass is 16.5. The van der Waals surface area contributed by atoms with Crippen molar-refractivity contribution in [2.45, 2.75) is 0 Å². The van der Waals surface area contributed by atoms with Crippen LogP contribution >= 0.6 is 0 Å². The van der Waals surface area contributed by atoms with Crippen LogP contribution in [0.15, 0.2) is 42.6 Å². The van der Waals surface area contributed by atoms with Crippen molar-refractivity contribution >= 4 is 17.4 Å². The largest absolute Gasteiger partial charge is 0.497 e. The molecule has 0 aliphatic heterocycles. The molecule has 0 fully saturated rings. The van der Waals surface area contributed by atoms with Crippen LogP contribution in [0.2, 0.25) is 0 Å². The monoisotopic (exact) mass is 301 g/mol. The molecule has 0 aliphatic carbocycles. The number of hydrogen-bond acceptors (Lipinski definition) is 5. The molecule has 6 heteroatoms. The van der Waals surface area contributed by atoms with Gasteiger partial charge in [-0.25, -0.2) is 4.98 Å². The van der Waals surface area contributed by atoms with Crippen molar-refractivity contribution in [1.82, 2.24) is 10.3 Å². The topological polar surface area (TPSA) is 72.5 Å². The molecular formula is C16H19N3O3. The van der Waals surface area contributed by atoms with Crippen molar-refractivity contribution in [3.63, 3.8) is 0 Å². The summed E-state index contributed by atoms with van der Waals surface area (Å²) in [5, 5.41) is 5.90. The lowest BCUT2D eigenvalue weighted by molar-refractivity contribution is 0.0937. The zero-order valence-electron chi connectivity index (χ0n) is 12.6. The Morgan fingerprint density at radius 2 is 1.91 bits per heavy atom. The Morgan fingerprint density at radius 3 is 2.50 bits per heavy atom. The Morgan fingerprint density at radius 1 is 1.14 bits per heavy atom. The molecule has 0 aliphatic rings. The van der Waals surface area contributed by atoms with Crippen LogP contribution in [-0.4, -0.2) is 38.3 Å². The van der Waals surface area contributed by atoms with Gasteiger partial charge in [0, 0.05) is 25.5 Å². The number of nitrogens with zero attached hydrogens (tertiary/aromatic N) is 1. The van der Waals surface area contributed by atoms with E-state index in [1.165, 1.54) is 6.20 Å². The molecule has 22 heavy (non-hydrogen) atoms. The van der Waals surface area contributed by atoms with Gasteiger partial charge in [0.25, 0.3) is 5.91 Å². The van der Waals surface area contributed by atoms with E-state index in [9.17, 15) is 4.79 Å². The molecule has 0 spiro atoms. The number of ether oxygens (including phenoxy) is 2. The number of pyridine rings is 1. The first-order chi connectivity index (χ1) is 10.7. The van der Waals surface area contributed by atoms with E-state index in [-0.39, 0.29) is 5.91 Å². The summed E-state index contributed by atoms with van der Waals surface area (Å²) < 4.78 is 9.99. The Bertz CT molecular complexity index is 597. The highest BCUT2D eigenvalue weighted by Crippen LogP contribution is 2.18. The van der Waals surface area contributed by atoms with Gasteiger partial charge in [0.1, 0.15) is 11.6 Å². The lowest BCUT2D eigenvalue weighted by Gasteiger charge is -2.08. The first-order valence-corrected chi connectivity index (χ1v) is 6.87. The third-order valence-corrected chi connectivity index (χ3v) is 2.98. The highest BCUT2D eigenvalue weighted by Gasteiger charge is 2.05. The summed E-state index contributed by atoms with van der Waals surface area (Å²) >= 11 is 0. The quantitative estimate of drug-likeness (QED) is 0.767. The predicted octanol–water partition coefficient (Wildman–Crippen LogP) is 2.21. The van der Waals surface area contributed by atoms with E-state index in [4.69, 9.17) is 9.47 Å². The summed E-state index contributed by atoms with van der Waals surface area (Å²) in [6.07, 6.45) is 1.54. The lowest BCUT2D eigenvalue weighted by atomic mass is 10.2. The first kappa shape index (κ1) is 15.8. The SMILES string of the molecule is COCCNC(=O)c1ccc(Nc2ccc(OC)cc2)nc1. The number of carbonyl (C=O) groups excluding carboxylic acids is 1. The predicted molar refractivity (Wildman–Crippen MR) is 84.7 cm³/mol. The minimum Gasteiger partial charge on any atom is -0.497 e. The number of rotatable bonds is 7. The van der Waals surface area contributed by atoms with Gasteiger partial charge in [0.2, 0.25) is 0 Å². The molecule has 0 saturated carbocycles. The summed E-state index contributed by atoms with van der Waals surface area (Å²) in [7, 11) is 3.22. The molecule has 1 aromatic heterocycles. The standard InChI is InChI=1S/C16H19N3O3/c1-21-10-9-17-16(20)12-3-8-15(18-11-12)19-13-4-6-14(22-2)7-5-13/h3-8,11H,9-10H2,1-2H3,(H,17,20)(H,18,19). The number of amides is 1. The van der Waals surface area contributed by atoms with Gasteiger partial charge in [-0.3, -0.25) is 4.79 Å². The maximum Gasteiger partial charge on any atom is 0.252 e. The Kier molecular flexibility index (Phi) is 5.73. The van der Waals surface area contributed by atoms with E-state index in [0.717, 1.165) is 11.4 Å². The van der Waals surface area contributed by atoms with Crippen molar-refractivity contribution in [1.29, 1.82) is 0 Å². The zero-order valence-corrected chi connectivity index (χ0v) is 12.6. The molecule has 116 valence electrons. The molecule has 0 bridgehead atoms. The van der Waals surface area contributed by atoms with Crippen LogP contribution in [0.25, 0.3) is 0 Å². The van der Waals surface area contributed by atoms with Gasteiger partial charge in [-0.05, 0) is 36.4 Å². The number of methoxy groups -OCH3 is 2. The van der Waals surface area contributed by atoms with Crippen molar-refractivity contribution < 1.29 is 14.3 Å². The molecule has 1 heterocycles. The van der Waals surface area contributed by atoms with E-state index in [1.807, 2.05) is 24.3 Å². The summed E-state index contributed by atoms with van der Waals surface area (Å²) in [6, 6.07) is 11.0. The fraction of sp³-hybridized carbons (Fsp3) is 0.250. The van der Waals surface area contributed by atoms with E-state index < -0.39 is 0 Å². The second-order valence-electron chi connectivity index (χ2n) is 4.53. The highest BCUT2D eigenvalue weighted by molar-refractivity contribution is 5.94. The van der Waals surface area contributed by atoms with Gasteiger partial charge in [-0.2, -0.15) is 0 Å². The zero-order chi connectivity index (χ0) is 15.8. The van der Waals surface area contributed by atoms with Gasteiger partial charge >= 0.3 is 0 Å². The molecule has 2 rings (SSSR count). The number of carbonyl (C=O) groups is 1. The summed E-state index contributed by atoms with van der Waals surface area (Å²) in [4.78, 5) is 16.1. The van der Waals surface area contributed by atoms with E-state index >= 15 is 0 Å². The maximum absolute atomic E-state index is 11.8. The second kappa shape index (κ2) is 7.99. The molecule has 2 N–H and O–H groups in total. The smallest absolute Gasteiger partial charge is 0.252 e. The summed E-state index contributed by atoms with van der Waals surface area (Å²) in [6.45, 7) is 0.956. The number of nitrogens with one attached hydrogen (secondary N) is 2. The van der Waals surface area contributed by atoms with E-state index in [0.29, 0.717) is 24.5 Å². The molecule has 0 radical (unpaired) electrons. The summed E-state index contributed by atoms with van der Waals surface area (Å²) in [5.41, 5.74) is 1.40. The second-order valence-corrected chi connectivity index (χ2v) is 4.53. The third kappa shape index (κ3) is 4.46. The van der Waals surface area contributed by atoms with Gasteiger partial charge in [0.05, 0.1) is 19.3 Å². The van der Waals surface area contributed by atoms with Gasteiger partial charge < -0.3 is 20.1 Å². The average molecular weight is 301 g/mol. The van der Waals surface area contributed by atoms with Crippen LogP contribution in [0.4, 0.5) is 11.5 Å². The van der Waals surface area contributed by atoms with Crippen molar-refractivity contribution in [3.8, 4) is 5.75 Å². The molecule has 0 saturated heterocycles. The Hall–Kier alpha value is -2.60. The first-order valence-electron chi connectivity index (χ1n) is 6.87.